The van der Waals surface area contributed by atoms with E-state index in [1.807, 2.05) is 25.1 Å². The summed E-state index contributed by atoms with van der Waals surface area (Å²) < 4.78 is 0. The van der Waals surface area contributed by atoms with Crippen molar-refractivity contribution >= 4 is 17.5 Å². The number of anilines is 2. The van der Waals surface area contributed by atoms with E-state index < -0.39 is 6.09 Å². The van der Waals surface area contributed by atoms with E-state index in [2.05, 4.69) is 4.90 Å². The highest BCUT2D eigenvalue weighted by molar-refractivity contribution is 5.65. The third-order valence-electron chi connectivity index (χ3n) is 3.61. The van der Waals surface area contributed by atoms with Gasteiger partial charge in [-0.15, -0.1) is 0 Å². The van der Waals surface area contributed by atoms with E-state index >= 15 is 0 Å². The van der Waals surface area contributed by atoms with Gasteiger partial charge in [0.25, 0.3) is 0 Å². The van der Waals surface area contributed by atoms with Gasteiger partial charge in [-0.25, -0.2) is 4.79 Å². The molecule has 0 aromatic heterocycles. The molecule has 1 aliphatic rings. The predicted octanol–water partition coefficient (Wildman–Crippen LogP) is 2.02. The summed E-state index contributed by atoms with van der Waals surface area (Å²) in [5, 5.41) is 9.03. The maximum atomic E-state index is 11.0. The molecule has 2 rings (SSSR count). The van der Waals surface area contributed by atoms with Gasteiger partial charge >= 0.3 is 6.09 Å². The molecule has 1 aliphatic heterocycles. The molecule has 0 aliphatic carbocycles. The molecule has 5 nitrogen and oxygen atoms in total. The zero-order chi connectivity index (χ0) is 13.8. The summed E-state index contributed by atoms with van der Waals surface area (Å²) >= 11 is 0. The fraction of sp³-hybridized carbons (Fsp3) is 0.500. The van der Waals surface area contributed by atoms with Crippen LogP contribution in [0.15, 0.2) is 18.2 Å². The number of fused-ring (bicyclic) bond motifs is 1. The molecule has 0 spiro atoms. The number of hydrogen-bond donors (Lipinski definition) is 2. The van der Waals surface area contributed by atoms with Gasteiger partial charge in [-0.2, -0.15) is 0 Å². The van der Waals surface area contributed by atoms with E-state index in [4.69, 9.17) is 10.8 Å². The number of aryl methyl sites for hydroxylation is 1. The second kappa shape index (κ2) is 5.82. The van der Waals surface area contributed by atoms with Crippen molar-refractivity contribution in [3.63, 3.8) is 0 Å². The Hall–Kier alpha value is -1.91. The minimum absolute atomic E-state index is 0.526. The third kappa shape index (κ3) is 3.10. The lowest BCUT2D eigenvalue weighted by Crippen LogP contribution is -2.39. The Morgan fingerprint density at radius 3 is 3.00 bits per heavy atom. The quantitative estimate of drug-likeness (QED) is 0.815. The summed E-state index contributed by atoms with van der Waals surface area (Å²) in [5.74, 6) is 0. The molecule has 0 radical (unpaired) electrons. The lowest BCUT2D eigenvalue weighted by molar-refractivity contribution is 0.149. The zero-order valence-electron chi connectivity index (χ0n) is 11.3. The SMILES string of the molecule is CCN(CCN1CCCc2cc(N)ccc21)C(=O)O. The van der Waals surface area contributed by atoms with E-state index in [0.29, 0.717) is 13.1 Å². The third-order valence-corrected chi connectivity index (χ3v) is 3.61. The number of nitrogens with two attached hydrogens (primary N) is 1. The van der Waals surface area contributed by atoms with Gasteiger partial charge in [-0.1, -0.05) is 0 Å². The summed E-state index contributed by atoms with van der Waals surface area (Å²) in [6.45, 7) is 4.64. The number of nitrogen functional groups attached to an aromatic ring is 1. The maximum Gasteiger partial charge on any atom is 0.407 e. The lowest BCUT2D eigenvalue weighted by atomic mass is 10.0. The predicted molar refractivity (Wildman–Crippen MR) is 76.7 cm³/mol. The Morgan fingerprint density at radius 2 is 2.32 bits per heavy atom. The summed E-state index contributed by atoms with van der Waals surface area (Å²) in [6, 6.07) is 5.98. The molecule has 104 valence electrons. The molecule has 1 amide bonds. The number of rotatable bonds is 4. The van der Waals surface area contributed by atoms with Gasteiger partial charge < -0.3 is 20.6 Å². The topological polar surface area (TPSA) is 69.8 Å². The van der Waals surface area contributed by atoms with Crippen LogP contribution in [0.3, 0.4) is 0 Å². The maximum absolute atomic E-state index is 11.0. The second-order valence-corrected chi connectivity index (χ2v) is 4.84. The molecule has 3 N–H and O–H groups in total. The smallest absolute Gasteiger partial charge is 0.407 e. The van der Waals surface area contributed by atoms with Gasteiger partial charge in [0, 0.05) is 37.6 Å². The number of amides is 1. The summed E-state index contributed by atoms with van der Waals surface area (Å²) in [5.41, 5.74) is 9.06. The summed E-state index contributed by atoms with van der Waals surface area (Å²) in [6.07, 6.45) is 1.29. The standard InChI is InChI=1S/C14H21N3O2/c1-2-16(14(18)19)8-9-17-7-3-4-11-10-12(15)5-6-13(11)17/h5-6,10H,2-4,7-9,15H2,1H3,(H,18,19). The van der Waals surface area contributed by atoms with Crippen molar-refractivity contribution in [2.24, 2.45) is 0 Å². The first-order valence-corrected chi connectivity index (χ1v) is 6.73. The van der Waals surface area contributed by atoms with Crippen LogP contribution in [0.25, 0.3) is 0 Å². The Morgan fingerprint density at radius 1 is 1.53 bits per heavy atom. The van der Waals surface area contributed by atoms with Crippen molar-refractivity contribution < 1.29 is 9.90 Å². The average Bonchev–Trinajstić information content (AvgIpc) is 2.38. The number of hydrogen-bond acceptors (Lipinski definition) is 3. The van der Waals surface area contributed by atoms with Crippen molar-refractivity contribution in [3.05, 3.63) is 23.8 Å². The van der Waals surface area contributed by atoms with Crippen molar-refractivity contribution in [3.8, 4) is 0 Å². The number of likely N-dealkylation sites (N-methyl/N-ethyl adjacent to an activating group) is 1. The Balaban J connectivity index is 2.05. The van der Waals surface area contributed by atoms with Crippen molar-refractivity contribution in [2.45, 2.75) is 19.8 Å². The van der Waals surface area contributed by atoms with Gasteiger partial charge in [-0.05, 0) is 43.5 Å². The van der Waals surface area contributed by atoms with Gasteiger partial charge in [0.2, 0.25) is 0 Å². The molecule has 0 unspecified atom stereocenters. The summed E-state index contributed by atoms with van der Waals surface area (Å²) in [7, 11) is 0. The molecular formula is C14H21N3O2. The molecule has 0 saturated heterocycles. The Bertz CT molecular complexity index is 462. The van der Waals surface area contributed by atoms with Crippen molar-refractivity contribution in [1.82, 2.24) is 4.90 Å². The molecular weight excluding hydrogens is 242 g/mol. The zero-order valence-corrected chi connectivity index (χ0v) is 11.3. The van der Waals surface area contributed by atoms with Gasteiger partial charge in [0.05, 0.1) is 0 Å². The van der Waals surface area contributed by atoms with Crippen LogP contribution in [0, 0.1) is 0 Å². The second-order valence-electron chi connectivity index (χ2n) is 4.84. The van der Waals surface area contributed by atoms with Crippen LogP contribution in [0.1, 0.15) is 18.9 Å². The van der Waals surface area contributed by atoms with E-state index in [-0.39, 0.29) is 0 Å². The van der Waals surface area contributed by atoms with Gasteiger partial charge in [-0.3, -0.25) is 0 Å². The van der Waals surface area contributed by atoms with Crippen LogP contribution in [0.5, 0.6) is 0 Å². The minimum Gasteiger partial charge on any atom is -0.465 e. The van der Waals surface area contributed by atoms with E-state index in [9.17, 15) is 4.79 Å². The average molecular weight is 263 g/mol. The molecule has 0 bridgehead atoms. The largest absolute Gasteiger partial charge is 0.465 e. The number of carbonyl (C=O) groups is 1. The fourth-order valence-electron chi connectivity index (χ4n) is 2.56. The highest BCUT2D eigenvalue weighted by atomic mass is 16.4. The summed E-state index contributed by atoms with van der Waals surface area (Å²) in [4.78, 5) is 14.7. The fourth-order valence-corrected chi connectivity index (χ4v) is 2.56. The van der Waals surface area contributed by atoms with Crippen LogP contribution in [-0.4, -0.2) is 42.3 Å². The molecule has 5 heteroatoms. The highest BCUT2D eigenvalue weighted by Crippen LogP contribution is 2.28. The Kier molecular flexibility index (Phi) is 4.14. The molecule has 19 heavy (non-hydrogen) atoms. The minimum atomic E-state index is -0.850. The van der Waals surface area contributed by atoms with Gasteiger partial charge in [0.15, 0.2) is 0 Å². The van der Waals surface area contributed by atoms with Crippen molar-refractivity contribution in [1.29, 1.82) is 0 Å². The van der Waals surface area contributed by atoms with Gasteiger partial charge in [0.1, 0.15) is 0 Å². The molecule has 0 saturated carbocycles. The normalized spacial score (nSPS) is 14.1. The van der Waals surface area contributed by atoms with Crippen molar-refractivity contribution in [2.75, 3.05) is 36.8 Å². The van der Waals surface area contributed by atoms with E-state index in [0.717, 1.165) is 31.6 Å². The van der Waals surface area contributed by atoms with Crippen LogP contribution in [0.4, 0.5) is 16.2 Å². The highest BCUT2D eigenvalue weighted by Gasteiger charge is 2.18. The molecule has 1 aromatic rings. The number of carboxylic acid groups (broad SMARTS) is 1. The molecule has 1 aromatic carbocycles. The molecule has 0 atom stereocenters. The Labute approximate surface area is 113 Å². The lowest BCUT2D eigenvalue weighted by Gasteiger charge is -2.33. The first-order chi connectivity index (χ1) is 9.11. The van der Waals surface area contributed by atoms with Crippen LogP contribution in [-0.2, 0) is 6.42 Å². The van der Waals surface area contributed by atoms with E-state index in [1.165, 1.54) is 16.2 Å². The van der Waals surface area contributed by atoms with Crippen LogP contribution in [0.2, 0.25) is 0 Å². The van der Waals surface area contributed by atoms with Crippen LogP contribution < -0.4 is 10.6 Å². The first kappa shape index (κ1) is 13.5. The number of nitrogens with zero attached hydrogens (tertiary/aromatic N) is 2. The molecule has 0 fully saturated rings. The number of benzene rings is 1. The van der Waals surface area contributed by atoms with Crippen LogP contribution >= 0.6 is 0 Å². The monoisotopic (exact) mass is 263 g/mol. The molecule has 1 heterocycles. The first-order valence-electron chi connectivity index (χ1n) is 6.73. The van der Waals surface area contributed by atoms with E-state index in [1.54, 1.807) is 0 Å².